The molecule has 0 aromatic heterocycles. The minimum Gasteiger partial charge on any atom is -0.338 e. The molecule has 6 nitrogen and oxygen atoms in total. The summed E-state index contributed by atoms with van der Waals surface area (Å²) >= 11 is 0. The first-order valence-electron chi connectivity index (χ1n) is 11.3. The Bertz CT molecular complexity index is 1010. The summed E-state index contributed by atoms with van der Waals surface area (Å²) < 4.78 is 0. The quantitative estimate of drug-likeness (QED) is 0.784. The van der Waals surface area contributed by atoms with Crippen LogP contribution < -0.4 is 5.32 Å². The molecule has 1 aliphatic heterocycles. The minimum atomic E-state index is -0.612. The number of anilines is 1. The third-order valence-electron chi connectivity index (χ3n) is 6.71. The second kappa shape index (κ2) is 8.77. The summed E-state index contributed by atoms with van der Waals surface area (Å²) in [5.41, 5.74) is 1.58. The summed E-state index contributed by atoms with van der Waals surface area (Å²) in [6.07, 6.45) is 0.925. The lowest BCUT2D eigenvalue weighted by Gasteiger charge is -2.38. The Kier molecular flexibility index (Phi) is 6.04. The molecule has 168 valence electrons. The van der Waals surface area contributed by atoms with E-state index >= 15 is 0 Å². The predicted octanol–water partition coefficient (Wildman–Crippen LogP) is 3.54. The molecule has 2 aliphatic rings. The molecule has 0 spiro atoms. The molecule has 4 rings (SSSR count). The van der Waals surface area contributed by atoms with Gasteiger partial charge in [0.05, 0.1) is 5.41 Å². The second-order valence-electron chi connectivity index (χ2n) is 9.46. The van der Waals surface area contributed by atoms with E-state index in [0.29, 0.717) is 43.3 Å². The Balaban J connectivity index is 1.36. The highest BCUT2D eigenvalue weighted by Crippen LogP contribution is 2.38. The summed E-state index contributed by atoms with van der Waals surface area (Å²) in [5, 5.41) is 2.92. The number of nitrogens with zero attached hydrogens (tertiary/aromatic N) is 2. The fourth-order valence-electron chi connectivity index (χ4n) is 4.32. The van der Waals surface area contributed by atoms with Crippen molar-refractivity contribution in [2.45, 2.75) is 32.6 Å². The van der Waals surface area contributed by atoms with E-state index in [0.717, 1.165) is 12.0 Å². The largest absolute Gasteiger partial charge is 0.338 e. The third kappa shape index (κ3) is 4.54. The standard InChI is InChI=1S/C26H31N3O3/c1-18-16-22(18)23(30)27-21-11-7-8-19(17-21)24(31)28-12-14-29(15-13-28)25(32)26(2,3)20-9-5-4-6-10-20/h4-11,17-18,22H,12-16H2,1-3H3,(H,27,30). The maximum absolute atomic E-state index is 13.2. The van der Waals surface area contributed by atoms with Gasteiger partial charge >= 0.3 is 0 Å². The van der Waals surface area contributed by atoms with Gasteiger partial charge in [-0.3, -0.25) is 14.4 Å². The number of benzene rings is 2. The number of carbonyl (C=O) groups is 3. The van der Waals surface area contributed by atoms with E-state index in [4.69, 9.17) is 0 Å². The van der Waals surface area contributed by atoms with Crippen molar-refractivity contribution < 1.29 is 14.4 Å². The van der Waals surface area contributed by atoms with Crippen molar-refractivity contribution in [2.24, 2.45) is 11.8 Å². The maximum atomic E-state index is 13.2. The molecule has 0 radical (unpaired) electrons. The van der Waals surface area contributed by atoms with E-state index < -0.39 is 5.41 Å². The van der Waals surface area contributed by atoms with Crippen LogP contribution in [-0.2, 0) is 15.0 Å². The first-order chi connectivity index (χ1) is 15.3. The smallest absolute Gasteiger partial charge is 0.254 e. The molecule has 1 heterocycles. The topological polar surface area (TPSA) is 69.7 Å². The molecule has 32 heavy (non-hydrogen) atoms. The lowest BCUT2D eigenvalue weighted by molar-refractivity contribution is -0.137. The third-order valence-corrected chi connectivity index (χ3v) is 6.71. The second-order valence-corrected chi connectivity index (χ2v) is 9.46. The van der Waals surface area contributed by atoms with Crippen molar-refractivity contribution in [3.63, 3.8) is 0 Å². The Labute approximate surface area is 189 Å². The van der Waals surface area contributed by atoms with Gasteiger partial charge in [0, 0.05) is 43.3 Å². The molecule has 1 saturated carbocycles. The SMILES string of the molecule is CC1CC1C(=O)Nc1cccc(C(=O)N2CCN(C(=O)C(C)(C)c3ccccc3)CC2)c1. The van der Waals surface area contributed by atoms with E-state index in [9.17, 15) is 14.4 Å². The number of hydrogen-bond donors (Lipinski definition) is 1. The molecular formula is C26H31N3O3. The van der Waals surface area contributed by atoms with E-state index in [2.05, 4.69) is 12.2 Å². The zero-order chi connectivity index (χ0) is 22.9. The van der Waals surface area contributed by atoms with Gasteiger partial charge in [-0.15, -0.1) is 0 Å². The van der Waals surface area contributed by atoms with Gasteiger partial charge in [0.1, 0.15) is 0 Å². The Morgan fingerprint density at radius 2 is 1.53 bits per heavy atom. The minimum absolute atomic E-state index is 0.0234. The van der Waals surface area contributed by atoms with Crippen LogP contribution in [0.5, 0.6) is 0 Å². The average Bonchev–Trinajstić information content (AvgIpc) is 3.55. The zero-order valence-electron chi connectivity index (χ0n) is 19.0. The lowest BCUT2D eigenvalue weighted by atomic mass is 9.83. The summed E-state index contributed by atoms with van der Waals surface area (Å²) in [6, 6.07) is 16.9. The van der Waals surface area contributed by atoms with Crippen molar-refractivity contribution >= 4 is 23.4 Å². The highest BCUT2D eigenvalue weighted by atomic mass is 16.2. The molecule has 2 unspecified atom stereocenters. The zero-order valence-corrected chi connectivity index (χ0v) is 19.0. The Morgan fingerprint density at radius 3 is 2.16 bits per heavy atom. The molecule has 2 aromatic rings. The van der Waals surface area contributed by atoms with Gasteiger partial charge in [0.25, 0.3) is 5.91 Å². The molecular weight excluding hydrogens is 402 g/mol. The van der Waals surface area contributed by atoms with Crippen LogP contribution in [0.25, 0.3) is 0 Å². The number of piperazine rings is 1. The first kappa shape index (κ1) is 22.1. The van der Waals surface area contributed by atoms with Crippen LogP contribution in [0.2, 0.25) is 0 Å². The van der Waals surface area contributed by atoms with Crippen molar-refractivity contribution in [1.29, 1.82) is 0 Å². The van der Waals surface area contributed by atoms with Gasteiger partial charge in [-0.2, -0.15) is 0 Å². The van der Waals surface area contributed by atoms with Crippen LogP contribution in [0, 0.1) is 11.8 Å². The number of amides is 3. The van der Waals surface area contributed by atoms with E-state index in [1.54, 1.807) is 23.1 Å². The molecule has 6 heteroatoms. The Morgan fingerprint density at radius 1 is 0.906 bits per heavy atom. The lowest BCUT2D eigenvalue weighted by Crippen LogP contribution is -2.54. The summed E-state index contributed by atoms with van der Waals surface area (Å²) in [5.74, 6) is 0.547. The van der Waals surface area contributed by atoms with Gasteiger partial charge in [-0.25, -0.2) is 0 Å². The van der Waals surface area contributed by atoms with Crippen LogP contribution in [-0.4, -0.2) is 53.7 Å². The predicted molar refractivity (Wildman–Crippen MR) is 124 cm³/mol. The number of hydrogen-bond acceptors (Lipinski definition) is 3. The summed E-state index contributed by atoms with van der Waals surface area (Å²) in [4.78, 5) is 42.1. The van der Waals surface area contributed by atoms with Gasteiger partial charge in [-0.1, -0.05) is 43.3 Å². The van der Waals surface area contributed by atoms with E-state index in [-0.39, 0.29) is 23.6 Å². The normalized spacial score (nSPS) is 20.6. The first-order valence-corrected chi connectivity index (χ1v) is 11.3. The fraction of sp³-hybridized carbons (Fsp3) is 0.423. The van der Waals surface area contributed by atoms with Crippen LogP contribution >= 0.6 is 0 Å². The highest BCUT2D eigenvalue weighted by molar-refractivity contribution is 5.98. The van der Waals surface area contributed by atoms with Crippen molar-refractivity contribution in [3.8, 4) is 0 Å². The highest BCUT2D eigenvalue weighted by Gasteiger charge is 2.39. The fourth-order valence-corrected chi connectivity index (χ4v) is 4.32. The number of rotatable bonds is 5. The van der Waals surface area contributed by atoms with E-state index in [1.807, 2.05) is 55.1 Å². The van der Waals surface area contributed by atoms with Gasteiger partial charge in [0.2, 0.25) is 11.8 Å². The van der Waals surface area contributed by atoms with E-state index in [1.165, 1.54) is 0 Å². The van der Waals surface area contributed by atoms with Gasteiger partial charge in [-0.05, 0) is 49.9 Å². The molecule has 3 amide bonds. The van der Waals surface area contributed by atoms with Gasteiger partial charge in [0.15, 0.2) is 0 Å². The molecule has 2 aromatic carbocycles. The van der Waals surface area contributed by atoms with Crippen molar-refractivity contribution in [3.05, 3.63) is 65.7 Å². The number of carbonyl (C=O) groups excluding carboxylic acids is 3. The number of nitrogens with one attached hydrogen (secondary N) is 1. The average molecular weight is 434 g/mol. The monoisotopic (exact) mass is 433 g/mol. The van der Waals surface area contributed by atoms with Gasteiger partial charge < -0.3 is 15.1 Å². The Hall–Kier alpha value is -3.15. The molecule has 1 aliphatic carbocycles. The molecule has 0 bridgehead atoms. The van der Waals surface area contributed by atoms with Crippen molar-refractivity contribution in [1.82, 2.24) is 9.80 Å². The molecule has 2 atom stereocenters. The molecule has 1 N–H and O–H groups in total. The van der Waals surface area contributed by atoms with Crippen LogP contribution in [0.15, 0.2) is 54.6 Å². The van der Waals surface area contributed by atoms with Crippen LogP contribution in [0.3, 0.4) is 0 Å². The van der Waals surface area contributed by atoms with Crippen molar-refractivity contribution in [2.75, 3.05) is 31.5 Å². The van der Waals surface area contributed by atoms with Crippen LogP contribution in [0.4, 0.5) is 5.69 Å². The summed E-state index contributed by atoms with van der Waals surface area (Å²) in [7, 11) is 0. The maximum Gasteiger partial charge on any atom is 0.254 e. The van der Waals surface area contributed by atoms with Crippen LogP contribution in [0.1, 0.15) is 43.1 Å². The molecule has 1 saturated heterocycles. The molecule has 2 fully saturated rings. The summed E-state index contributed by atoms with van der Waals surface area (Å²) in [6.45, 7) is 7.97.